The number of benzene rings is 1. The Bertz CT molecular complexity index is 1100. The second-order valence-corrected chi connectivity index (χ2v) is 9.48. The number of rotatable bonds is 5. The lowest BCUT2D eigenvalue weighted by Crippen LogP contribution is -2.15. The van der Waals surface area contributed by atoms with Gasteiger partial charge in [0.25, 0.3) is 10.0 Å². The van der Waals surface area contributed by atoms with Crippen molar-refractivity contribution in [2.75, 3.05) is 14.2 Å². The fourth-order valence-corrected chi connectivity index (χ4v) is 6.12. The summed E-state index contributed by atoms with van der Waals surface area (Å²) in [5.74, 6) is 1.16. The molecule has 0 N–H and O–H groups in total. The second kappa shape index (κ2) is 6.99. The fourth-order valence-electron chi connectivity index (χ4n) is 2.36. The van der Waals surface area contributed by atoms with E-state index < -0.39 is 10.0 Å². The molecule has 0 amide bonds. The highest BCUT2D eigenvalue weighted by molar-refractivity contribution is 7.92. The second-order valence-electron chi connectivity index (χ2n) is 4.93. The maximum absolute atomic E-state index is 12.5. The van der Waals surface area contributed by atoms with E-state index in [1.54, 1.807) is 20.3 Å². The van der Waals surface area contributed by atoms with Gasteiger partial charge in [-0.25, -0.2) is 0 Å². The summed E-state index contributed by atoms with van der Waals surface area (Å²) in [4.78, 5) is 0.386. The van der Waals surface area contributed by atoms with Crippen LogP contribution in [-0.4, -0.2) is 27.2 Å². The van der Waals surface area contributed by atoms with E-state index in [-0.39, 0.29) is 4.21 Å². The third-order valence-electron chi connectivity index (χ3n) is 3.51. The molecule has 0 unspecified atom stereocenters. The van der Waals surface area contributed by atoms with Crippen LogP contribution in [0.3, 0.4) is 0 Å². The van der Waals surface area contributed by atoms with Crippen LogP contribution in [0.15, 0.2) is 32.9 Å². The molecule has 0 aliphatic heterocycles. The lowest BCUT2D eigenvalue weighted by molar-refractivity contribution is 0.355. The average Bonchev–Trinajstić information content (AvgIpc) is 3.16. The molecule has 134 valence electrons. The number of thiophene rings is 1. The molecule has 10 heteroatoms. The minimum absolute atomic E-state index is 0.118. The predicted molar refractivity (Wildman–Crippen MR) is 101 cm³/mol. The lowest BCUT2D eigenvalue weighted by Gasteiger charge is -2.08. The standard InChI is InChI=1S/C15H15ClN2O4S3/c1-4-18-9-7-10(21-2)11(22-3)8-12(9)23-15(18)17-25(19,20)14-6-5-13(16)24-14/h5-8H,4H2,1-3H3. The van der Waals surface area contributed by atoms with Crippen molar-refractivity contribution in [3.05, 3.63) is 33.4 Å². The van der Waals surface area contributed by atoms with Gasteiger partial charge in [0.15, 0.2) is 11.5 Å². The Balaban J connectivity index is 2.25. The Morgan fingerprint density at radius 3 is 2.40 bits per heavy atom. The van der Waals surface area contributed by atoms with E-state index in [4.69, 9.17) is 21.1 Å². The lowest BCUT2D eigenvalue weighted by atomic mass is 10.3. The molecule has 6 nitrogen and oxygen atoms in total. The molecule has 25 heavy (non-hydrogen) atoms. The third-order valence-corrected chi connectivity index (χ3v) is 7.63. The molecular formula is C15H15ClN2O4S3. The first-order valence-corrected chi connectivity index (χ1v) is 10.7. The number of hydrogen-bond donors (Lipinski definition) is 0. The van der Waals surface area contributed by atoms with Gasteiger partial charge in [-0.1, -0.05) is 22.9 Å². The van der Waals surface area contributed by atoms with Gasteiger partial charge in [0, 0.05) is 18.7 Å². The van der Waals surface area contributed by atoms with Crippen LogP contribution in [0.4, 0.5) is 0 Å². The Hall–Kier alpha value is -1.55. The Kier molecular flexibility index (Phi) is 5.10. The third kappa shape index (κ3) is 3.41. The van der Waals surface area contributed by atoms with Crippen molar-refractivity contribution in [1.82, 2.24) is 4.57 Å². The van der Waals surface area contributed by atoms with Gasteiger partial charge >= 0.3 is 0 Å². The van der Waals surface area contributed by atoms with Gasteiger partial charge in [-0.2, -0.15) is 8.42 Å². The van der Waals surface area contributed by atoms with Gasteiger partial charge < -0.3 is 14.0 Å². The number of aryl methyl sites for hydroxylation is 1. The highest BCUT2D eigenvalue weighted by Crippen LogP contribution is 2.33. The normalized spacial score (nSPS) is 12.7. The van der Waals surface area contributed by atoms with Crippen molar-refractivity contribution in [1.29, 1.82) is 0 Å². The smallest absolute Gasteiger partial charge is 0.294 e. The number of aromatic nitrogens is 1. The van der Waals surface area contributed by atoms with Crippen molar-refractivity contribution in [3.8, 4) is 11.5 Å². The summed E-state index contributed by atoms with van der Waals surface area (Å²) >= 11 is 8.11. The molecule has 2 heterocycles. The molecule has 3 aromatic rings. The van der Waals surface area contributed by atoms with E-state index in [0.29, 0.717) is 27.2 Å². The number of fused-ring (bicyclic) bond motifs is 1. The molecule has 0 saturated heterocycles. The van der Waals surface area contributed by atoms with Gasteiger partial charge in [-0.15, -0.1) is 15.7 Å². The highest BCUT2D eigenvalue weighted by atomic mass is 35.5. The first kappa shape index (κ1) is 18.2. The summed E-state index contributed by atoms with van der Waals surface area (Å²) < 4.78 is 42.9. The van der Waals surface area contributed by atoms with Crippen molar-refractivity contribution in [2.45, 2.75) is 17.7 Å². The molecule has 2 aromatic heterocycles. The average molecular weight is 419 g/mol. The number of sulfonamides is 1. The van der Waals surface area contributed by atoms with Gasteiger partial charge in [0.05, 0.1) is 28.8 Å². The number of nitrogens with zero attached hydrogens (tertiary/aromatic N) is 2. The minimum Gasteiger partial charge on any atom is -0.493 e. The van der Waals surface area contributed by atoms with Crippen LogP contribution in [0.25, 0.3) is 10.2 Å². The molecule has 0 aliphatic carbocycles. The van der Waals surface area contributed by atoms with Gasteiger partial charge in [0.2, 0.25) is 4.80 Å². The Morgan fingerprint density at radius 2 is 1.84 bits per heavy atom. The van der Waals surface area contributed by atoms with Crippen LogP contribution in [0, 0.1) is 0 Å². The van der Waals surface area contributed by atoms with Crippen LogP contribution >= 0.6 is 34.3 Å². The maximum Gasteiger partial charge on any atom is 0.294 e. The summed E-state index contributed by atoms with van der Waals surface area (Å²) in [5.41, 5.74) is 0.836. The summed E-state index contributed by atoms with van der Waals surface area (Å²) in [6, 6.07) is 6.64. The van der Waals surface area contributed by atoms with Crippen LogP contribution in [0.2, 0.25) is 4.34 Å². The zero-order valence-electron chi connectivity index (χ0n) is 13.6. The first-order chi connectivity index (χ1) is 11.9. The van der Waals surface area contributed by atoms with Gasteiger partial charge in [-0.3, -0.25) is 0 Å². The minimum atomic E-state index is -3.82. The summed E-state index contributed by atoms with van der Waals surface area (Å²) in [6.07, 6.45) is 0. The number of methoxy groups -OCH3 is 2. The highest BCUT2D eigenvalue weighted by Gasteiger charge is 2.18. The van der Waals surface area contributed by atoms with Crippen LogP contribution in [0.5, 0.6) is 11.5 Å². The molecule has 0 atom stereocenters. The van der Waals surface area contributed by atoms with Gasteiger partial charge in [-0.05, 0) is 19.1 Å². The van der Waals surface area contributed by atoms with E-state index in [9.17, 15) is 8.42 Å². The van der Waals surface area contributed by atoms with Crippen LogP contribution in [0.1, 0.15) is 6.92 Å². The zero-order chi connectivity index (χ0) is 18.2. The Morgan fingerprint density at radius 1 is 1.16 bits per heavy atom. The van der Waals surface area contributed by atoms with Crippen molar-refractivity contribution in [2.24, 2.45) is 4.40 Å². The first-order valence-electron chi connectivity index (χ1n) is 7.21. The molecule has 1 aromatic carbocycles. The van der Waals surface area contributed by atoms with Gasteiger partial charge in [0.1, 0.15) is 4.21 Å². The molecule has 0 fully saturated rings. The maximum atomic E-state index is 12.5. The van der Waals surface area contributed by atoms with E-state index >= 15 is 0 Å². The van der Waals surface area contributed by atoms with Crippen LogP contribution in [-0.2, 0) is 16.6 Å². The fraction of sp³-hybridized carbons (Fsp3) is 0.267. The monoisotopic (exact) mass is 418 g/mol. The molecule has 0 saturated carbocycles. The van der Waals surface area contributed by atoms with E-state index in [0.717, 1.165) is 21.6 Å². The number of thiazole rings is 1. The van der Waals surface area contributed by atoms with Crippen molar-refractivity contribution in [3.63, 3.8) is 0 Å². The molecule has 3 rings (SSSR count). The molecular weight excluding hydrogens is 404 g/mol. The summed E-state index contributed by atoms with van der Waals surface area (Å²) in [6.45, 7) is 2.49. The molecule has 0 bridgehead atoms. The molecule has 0 radical (unpaired) electrons. The SMILES string of the molecule is CCn1c(=NS(=O)(=O)c2ccc(Cl)s2)sc2cc(OC)c(OC)cc21. The number of halogens is 1. The summed E-state index contributed by atoms with van der Waals surface area (Å²) in [7, 11) is -0.703. The number of hydrogen-bond acceptors (Lipinski definition) is 6. The predicted octanol–water partition coefficient (Wildman–Crippen LogP) is 3.74. The Labute approximate surface area is 158 Å². The summed E-state index contributed by atoms with van der Waals surface area (Å²) in [5, 5.41) is 0. The largest absolute Gasteiger partial charge is 0.493 e. The quantitative estimate of drug-likeness (QED) is 0.632. The zero-order valence-corrected chi connectivity index (χ0v) is 16.9. The van der Waals surface area contributed by atoms with Crippen molar-refractivity contribution < 1.29 is 17.9 Å². The van der Waals surface area contributed by atoms with E-state index in [2.05, 4.69) is 4.40 Å². The van der Waals surface area contributed by atoms with E-state index in [1.165, 1.54) is 17.4 Å². The topological polar surface area (TPSA) is 69.9 Å². The van der Waals surface area contributed by atoms with Crippen molar-refractivity contribution >= 4 is 54.5 Å². The van der Waals surface area contributed by atoms with E-state index in [1.807, 2.05) is 23.6 Å². The molecule has 0 spiro atoms. The number of ether oxygens (including phenoxy) is 2. The molecule has 0 aliphatic rings. The van der Waals surface area contributed by atoms with Crippen LogP contribution < -0.4 is 14.3 Å².